The number of aliphatic imine (C=N–C) groups is 1. The monoisotopic (exact) mass is 170 g/mol. The number of hydrogen-bond donors (Lipinski definition) is 3. The largest absolute Gasteiger partial charge is 0.368 e. The van der Waals surface area contributed by atoms with Crippen LogP contribution in [0.5, 0.6) is 0 Å². The van der Waals surface area contributed by atoms with Gasteiger partial charge in [-0.05, 0) is 0 Å². The number of rotatable bonds is 2. The molecule has 1 aliphatic rings. The zero-order valence-corrected chi connectivity index (χ0v) is 5.96. The standard InChI is InChI=1S/C5H6N4O3/c6-2(10)1-7-5-8-3(11)4(12)9-5/h1H2,(H2,6,10)(H2,7,8,9,11,12). The first-order chi connectivity index (χ1) is 5.59. The Bertz CT molecular complexity index is 264. The molecule has 64 valence electrons. The minimum atomic E-state index is -0.793. The van der Waals surface area contributed by atoms with Crippen molar-refractivity contribution in [1.82, 2.24) is 10.6 Å². The van der Waals surface area contributed by atoms with Crippen molar-refractivity contribution in [3.8, 4) is 0 Å². The summed E-state index contributed by atoms with van der Waals surface area (Å²) < 4.78 is 0. The second-order valence-corrected chi connectivity index (χ2v) is 2.04. The zero-order chi connectivity index (χ0) is 9.14. The van der Waals surface area contributed by atoms with Crippen LogP contribution >= 0.6 is 0 Å². The lowest BCUT2D eigenvalue weighted by Gasteiger charge is -1.92. The van der Waals surface area contributed by atoms with E-state index in [-0.39, 0.29) is 12.5 Å². The predicted octanol–water partition coefficient (Wildman–Crippen LogP) is -2.93. The van der Waals surface area contributed by atoms with E-state index in [4.69, 9.17) is 5.73 Å². The molecule has 0 saturated carbocycles. The van der Waals surface area contributed by atoms with Crippen LogP contribution in [-0.4, -0.2) is 30.2 Å². The molecule has 1 fully saturated rings. The number of nitrogens with one attached hydrogen (secondary N) is 2. The Morgan fingerprint density at radius 2 is 1.83 bits per heavy atom. The molecule has 1 saturated heterocycles. The molecule has 4 N–H and O–H groups in total. The van der Waals surface area contributed by atoms with Crippen LogP contribution in [0.1, 0.15) is 0 Å². The van der Waals surface area contributed by atoms with Gasteiger partial charge < -0.3 is 5.73 Å². The molecule has 0 radical (unpaired) electrons. The summed E-state index contributed by atoms with van der Waals surface area (Å²) in [7, 11) is 0. The SMILES string of the molecule is NC(=O)CN=C1NC(=O)C(=O)N1. The van der Waals surface area contributed by atoms with Crippen molar-refractivity contribution in [1.29, 1.82) is 0 Å². The Kier molecular flexibility index (Phi) is 2.04. The van der Waals surface area contributed by atoms with Crippen molar-refractivity contribution >= 4 is 23.7 Å². The fourth-order valence-electron chi connectivity index (χ4n) is 0.596. The molecule has 3 amide bonds. The molecule has 1 rings (SSSR count). The van der Waals surface area contributed by atoms with E-state index in [2.05, 4.69) is 15.6 Å². The van der Waals surface area contributed by atoms with Gasteiger partial charge in [0.05, 0.1) is 0 Å². The van der Waals surface area contributed by atoms with Crippen LogP contribution in [0.15, 0.2) is 4.99 Å². The molecule has 0 aliphatic carbocycles. The third-order valence-corrected chi connectivity index (χ3v) is 1.06. The van der Waals surface area contributed by atoms with Gasteiger partial charge in [-0.15, -0.1) is 0 Å². The van der Waals surface area contributed by atoms with E-state index in [1.54, 1.807) is 0 Å². The number of amides is 3. The highest BCUT2D eigenvalue weighted by Gasteiger charge is 2.24. The molecule has 1 heterocycles. The van der Waals surface area contributed by atoms with Crippen LogP contribution in [0.4, 0.5) is 0 Å². The van der Waals surface area contributed by atoms with E-state index in [9.17, 15) is 14.4 Å². The molecule has 0 aromatic carbocycles. The molecule has 12 heavy (non-hydrogen) atoms. The van der Waals surface area contributed by atoms with Crippen LogP contribution in [0.3, 0.4) is 0 Å². The first-order valence-corrected chi connectivity index (χ1v) is 3.04. The van der Waals surface area contributed by atoms with Crippen LogP contribution in [0.25, 0.3) is 0 Å². The molecule has 0 atom stereocenters. The van der Waals surface area contributed by atoms with Crippen molar-refractivity contribution in [2.75, 3.05) is 6.54 Å². The van der Waals surface area contributed by atoms with E-state index in [0.29, 0.717) is 0 Å². The number of guanidine groups is 1. The summed E-state index contributed by atoms with van der Waals surface area (Å²) in [5.74, 6) is -2.27. The van der Waals surface area contributed by atoms with Crippen molar-refractivity contribution in [2.45, 2.75) is 0 Å². The van der Waals surface area contributed by atoms with Crippen molar-refractivity contribution in [2.24, 2.45) is 10.7 Å². The number of carbonyl (C=O) groups excluding carboxylic acids is 3. The molecule has 0 aromatic heterocycles. The summed E-state index contributed by atoms with van der Waals surface area (Å²) in [5.41, 5.74) is 4.77. The van der Waals surface area contributed by atoms with Crippen molar-refractivity contribution < 1.29 is 14.4 Å². The Labute approximate surface area is 67.0 Å². The molecule has 7 nitrogen and oxygen atoms in total. The lowest BCUT2D eigenvalue weighted by molar-refractivity contribution is -0.135. The molecular formula is C5H6N4O3. The van der Waals surface area contributed by atoms with Gasteiger partial charge in [-0.2, -0.15) is 0 Å². The molecule has 1 aliphatic heterocycles. The topological polar surface area (TPSA) is 114 Å². The zero-order valence-electron chi connectivity index (χ0n) is 5.96. The number of nitrogens with two attached hydrogens (primary N) is 1. The van der Waals surface area contributed by atoms with Gasteiger partial charge in [0, 0.05) is 0 Å². The Morgan fingerprint density at radius 3 is 2.25 bits per heavy atom. The Hall–Kier alpha value is -1.92. The summed E-state index contributed by atoms with van der Waals surface area (Å²) in [6, 6.07) is 0. The van der Waals surface area contributed by atoms with E-state index in [0.717, 1.165) is 0 Å². The van der Waals surface area contributed by atoms with Gasteiger partial charge in [0.25, 0.3) is 0 Å². The molecule has 0 unspecified atom stereocenters. The average Bonchev–Trinajstić information content (AvgIpc) is 2.28. The third-order valence-electron chi connectivity index (χ3n) is 1.06. The first-order valence-electron chi connectivity index (χ1n) is 3.04. The van der Waals surface area contributed by atoms with Crippen LogP contribution in [0.2, 0.25) is 0 Å². The predicted molar refractivity (Wildman–Crippen MR) is 37.8 cm³/mol. The Balaban J connectivity index is 2.57. The van der Waals surface area contributed by atoms with E-state index >= 15 is 0 Å². The maximum atomic E-state index is 10.5. The highest BCUT2D eigenvalue weighted by Crippen LogP contribution is 1.82. The molecule has 0 bridgehead atoms. The molecule has 7 heteroatoms. The highest BCUT2D eigenvalue weighted by molar-refractivity contribution is 6.45. The fraction of sp³-hybridized carbons (Fsp3) is 0.200. The van der Waals surface area contributed by atoms with E-state index < -0.39 is 17.7 Å². The minimum Gasteiger partial charge on any atom is -0.368 e. The molecule has 0 spiro atoms. The summed E-state index contributed by atoms with van der Waals surface area (Å²) in [4.78, 5) is 34.7. The van der Waals surface area contributed by atoms with Crippen molar-refractivity contribution in [3.63, 3.8) is 0 Å². The maximum Gasteiger partial charge on any atom is 0.316 e. The normalized spacial score (nSPS) is 15.5. The van der Waals surface area contributed by atoms with Gasteiger partial charge in [0.1, 0.15) is 6.54 Å². The van der Waals surface area contributed by atoms with E-state index in [1.807, 2.05) is 0 Å². The number of hydrogen-bond acceptors (Lipinski definition) is 4. The molecular weight excluding hydrogens is 164 g/mol. The number of nitrogens with zero attached hydrogens (tertiary/aromatic N) is 1. The second kappa shape index (κ2) is 2.99. The maximum absolute atomic E-state index is 10.5. The highest BCUT2D eigenvalue weighted by atomic mass is 16.2. The van der Waals surface area contributed by atoms with Gasteiger partial charge in [0.2, 0.25) is 11.9 Å². The number of carbonyl (C=O) groups is 3. The van der Waals surface area contributed by atoms with Crippen LogP contribution in [-0.2, 0) is 14.4 Å². The lowest BCUT2D eigenvalue weighted by atomic mass is 10.6. The van der Waals surface area contributed by atoms with Crippen LogP contribution in [0, 0.1) is 0 Å². The quantitative estimate of drug-likeness (QED) is 0.385. The fourth-order valence-corrected chi connectivity index (χ4v) is 0.596. The lowest BCUT2D eigenvalue weighted by Crippen LogP contribution is -2.27. The number of primary amides is 1. The summed E-state index contributed by atoms with van der Waals surface area (Å²) in [6.45, 7) is -0.268. The van der Waals surface area contributed by atoms with Crippen molar-refractivity contribution in [3.05, 3.63) is 0 Å². The Morgan fingerprint density at radius 1 is 1.33 bits per heavy atom. The summed E-state index contributed by atoms with van der Waals surface area (Å²) in [5, 5.41) is 4.20. The smallest absolute Gasteiger partial charge is 0.316 e. The van der Waals surface area contributed by atoms with Gasteiger partial charge in [0.15, 0.2) is 0 Å². The summed E-state index contributed by atoms with van der Waals surface area (Å²) >= 11 is 0. The van der Waals surface area contributed by atoms with Gasteiger partial charge >= 0.3 is 11.8 Å². The van der Waals surface area contributed by atoms with Gasteiger partial charge in [-0.3, -0.25) is 25.0 Å². The minimum absolute atomic E-state index is 0.0381. The van der Waals surface area contributed by atoms with Crippen LogP contribution < -0.4 is 16.4 Å². The molecule has 0 aromatic rings. The summed E-state index contributed by atoms with van der Waals surface area (Å²) in [6.07, 6.45) is 0. The first kappa shape index (κ1) is 8.18. The van der Waals surface area contributed by atoms with E-state index in [1.165, 1.54) is 0 Å². The van der Waals surface area contributed by atoms with Gasteiger partial charge in [-0.25, -0.2) is 4.99 Å². The second-order valence-electron chi connectivity index (χ2n) is 2.04. The van der Waals surface area contributed by atoms with Gasteiger partial charge in [-0.1, -0.05) is 0 Å². The third kappa shape index (κ3) is 1.78. The average molecular weight is 170 g/mol.